The lowest BCUT2D eigenvalue weighted by Crippen LogP contribution is -2.33. The Balaban J connectivity index is 1.55. The van der Waals surface area contributed by atoms with Gasteiger partial charge in [-0.25, -0.2) is 0 Å². The Kier molecular flexibility index (Phi) is 6.30. The number of carboxylic acids is 1. The van der Waals surface area contributed by atoms with Crippen LogP contribution in [0.3, 0.4) is 0 Å². The van der Waals surface area contributed by atoms with E-state index in [0.29, 0.717) is 12.3 Å². The van der Waals surface area contributed by atoms with E-state index in [1.807, 2.05) is 0 Å². The summed E-state index contributed by atoms with van der Waals surface area (Å²) in [7, 11) is 0. The summed E-state index contributed by atoms with van der Waals surface area (Å²) in [4.78, 5) is 12.7. The van der Waals surface area contributed by atoms with Crippen molar-refractivity contribution in [1.29, 1.82) is 0 Å². The van der Waals surface area contributed by atoms with E-state index >= 15 is 0 Å². The summed E-state index contributed by atoms with van der Waals surface area (Å²) in [5.41, 5.74) is 0. The van der Waals surface area contributed by atoms with Crippen molar-refractivity contribution in [2.24, 2.45) is 11.8 Å². The standard InChI is InChI=1S/C16H29NO3/c18-15(19)10-4-2-1-3-7-11-17-12-13-8-5-6-9-14(13)16(17)20/h13-14,16,20H,1-12H2,(H,18,19)/t13?,14?,16-/m1/s1. The van der Waals surface area contributed by atoms with E-state index in [-0.39, 0.29) is 6.23 Å². The Hall–Kier alpha value is -0.610. The number of carbonyl (C=O) groups is 1. The molecule has 20 heavy (non-hydrogen) atoms. The lowest BCUT2D eigenvalue weighted by molar-refractivity contribution is -0.137. The van der Waals surface area contributed by atoms with Gasteiger partial charge < -0.3 is 10.2 Å². The first kappa shape index (κ1) is 15.8. The third-order valence-corrected chi connectivity index (χ3v) is 5.03. The quantitative estimate of drug-likeness (QED) is 0.672. The molecule has 0 bridgehead atoms. The largest absolute Gasteiger partial charge is 0.481 e. The van der Waals surface area contributed by atoms with Crippen molar-refractivity contribution in [3.63, 3.8) is 0 Å². The summed E-state index contributed by atoms with van der Waals surface area (Å²) in [6.07, 6.45) is 10.4. The molecule has 4 nitrogen and oxygen atoms in total. The zero-order chi connectivity index (χ0) is 14.4. The Bertz CT molecular complexity index is 308. The summed E-state index contributed by atoms with van der Waals surface area (Å²) in [6, 6.07) is 0. The molecule has 1 aliphatic carbocycles. The second-order valence-electron chi connectivity index (χ2n) is 6.53. The van der Waals surface area contributed by atoms with Crippen molar-refractivity contribution >= 4 is 5.97 Å². The van der Waals surface area contributed by atoms with E-state index in [0.717, 1.165) is 51.1 Å². The van der Waals surface area contributed by atoms with Crippen LogP contribution in [0.1, 0.15) is 64.2 Å². The predicted octanol–water partition coefficient (Wildman–Crippen LogP) is 2.85. The fraction of sp³-hybridized carbons (Fsp3) is 0.938. The Morgan fingerprint density at radius 3 is 2.50 bits per heavy atom. The van der Waals surface area contributed by atoms with Crippen molar-refractivity contribution in [3.8, 4) is 0 Å². The van der Waals surface area contributed by atoms with Crippen molar-refractivity contribution in [3.05, 3.63) is 0 Å². The number of aliphatic hydroxyl groups is 1. The molecule has 2 aliphatic rings. The van der Waals surface area contributed by atoms with E-state index in [1.54, 1.807) is 0 Å². The number of unbranched alkanes of at least 4 members (excludes halogenated alkanes) is 4. The van der Waals surface area contributed by atoms with Gasteiger partial charge in [-0.2, -0.15) is 0 Å². The van der Waals surface area contributed by atoms with E-state index in [9.17, 15) is 9.90 Å². The third-order valence-electron chi connectivity index (χ3n) is 5.03. The highest BCUT2D eigenvalue weighted by molar-refractivity contribution is 5.66. The summed E-state index contributed by atoms with van der Waals surface area (Å²) in [5.74, 6) is 0.571. The van der Waals surface area contributed by atoms with Gasteiger partial charge in [0.15, 0.2) is 0 Å². The van der Waals surface area contributed by atoms with Crippen molar-refractivity contribution in [2.75, 3.05) is 13.1 Å². The second-order valence-corrected chi connectivity index (χ2v) is 6.53. The lowest BCUT2D eigenvalue weighted by atomic mass is 9.81. The molecule has 116 valence electrons. The average Bonchev–Trinajstić information content (AvgIpc) is 2.75. The zero-order valence-corrected chi connectivity index (χ0v) is 12.5. The molecule has 2 fully saturated rings. The lowest BCUT2D eigenvalue weighted by Gasteiger charge is -2.26. The Labute approximate surface area is 122 Å². The molecular weight excluding hydrogens is 254 g/mol. The highest BCUT2D eigenvalue weighted by Gasteiger charge is 2.40. The number of aliphatic hydroxyl groups excluding tert-OH is 1. The Morgan fingerprint density at radius 2 is 1.75 bits per heavy atom. The first-order valence-electron chi connectivity index (χ1n) is 8.32. The van der Waals surface area contributed by atoms with E-state index in [1.165, 1.54) is 25.7 Å². The smallest absolute Gasteiger partial charge is 0.303 e. The first-order chi connectivity index (χ1) is 9.68. The molecule has 3 atom stereocenters. The fourth-order valence-electron chi connectivity index (χ4n) is 3.88. The molecule has 0 aromatic rings. The van der Waals surface area contributed by atoms with Crippen LogP contribution >= 0.6 is 0 Å². The number of likely N-dealkylation sites (tertiary alicyclic amines) is 1. The summed E-state index contributed by atoms with van der Waals surface area (Å²) < 4.78 is 0. The molecule has 1 aliphatic heterocycles. The van der Waals surface area contributed by atoms with Crippen LogP contribution in [0.5, 0.6) is 0 Å². The van der Waals surface area contributed by atoms with Crippen molar-refractivity contribution in [2.45, 2.75) is 70.4 Å². The van der Waals surface area contributed by atoms with Crippen LogP contribution in [-0.2, 0) is 4.79 Å². The maximum atomic E-state index is 10.4. The number of rotatable bonds is 8. The van der Waals surface area contributed by atoms with Crippen molar-refractivity contribution in [1.82, 2.24) is 4.90 Å². The summed E-state index contributed by atoms with van der Waals surface area (Å²) in [6.45, 7) is 2.10. The van der Waals surface area contributed by atoms with Gasteiger partial charge in [0.05, 0.1) is 0 Å². The van der Waals surface area contributed by atoms with Gasteiger partial charge in [-0.15, -0.1) is 0 Å². The maximum Gasteiger partial charge on any atom is 0.303 e. The molecule has 4 heteroatoms. The third kappa shape index (κ3) is 4.45. The fourth-order valence-corrected chi connectivity index (χ4v) is 3.88. The van der Waals surface area contributed by atoms with E-state index < -0.39 is 5.97 Å². The molecule has 0 radical (unpaired) electrons. The van der Waals surface area contributed by atoms with Crippen LogP contribution < -0.4 is 0 Å². The molecule has 1 saturated carbocycles. The van der Waals surface area contributed by atoms with Crippen LogP contribution in [0.4, 0.5) is 0 Å². The molecule has 2 rings (SSSR count). The van der Waals surface area contributed by atoms with Gasteiger partial charge in [0, 0.05) is 25.4 Å². The SMILES string of the molecule is O=C(O)CCCCCCCN1CC2CCCCC2[C@H]1O. The number of fused-ring (bicyclic) bond motifs is 1. The molecule has 0 amide bonds. The Morgan fingerprint density at radius 1 is 1.05 bits per heavy atom. The van der Waals surface area contributed by atoms with E-state index in [2.05, 4.69) is 4.90 Å². The number of hydrogen-bond acceptors (Lipinski definition) is 3. The maximum absolute atomic E-state index is 10.4. The summed E-state index contributed by atoms with van der Waals surface area (Å²) in [5, 5.41) is 18.9. The van der Waals surface area contributed by atoms with Gasteiger partial charge in [-0.05, 0) is 31.6 Å². The molecular formula is C16H29NO3. The molecule has 0 aromatic carbocycles. The van der Waals surface area contributed by atoms with Gasteiger partial charge >= 0.3 is 5.97 Å². The van der Waals surface area contributed by atoms with Crippen LogP contribution in [0.25, 0.3) is 0 Å². The van der Waals surface area contributed by atoms with Gasteiger partial charge in [0.2, 0.25) is 0 Å². The monoisotopic (exact) mass is 283 g/mol. The number of aliphatic carboxylic acids is 1. The van der Waals surface area contributed by atoms with Gasteiger partial charge in [-0.3, -0.25) is 9.69 Å². The van der Waals surface area contributed by atoms with Crippen LogP contribution in [0.2, 0.25) is 0 Å². The normalized spacial score (nSPS) is 30.4. The highest BCUT2D eigenvalue weighted by Crippen LogP contribution is 2.39. The van der Waals surface area contributed by atoms with Crippen LogP contribution in [0.15, 0.2) is 0 Å². The number of carboxylic acid groups (broad SMARTS) is 1. The second kappa shape index (κ2) is 7.99. The molecule has 1 saturated heterocycles. The van der Waals surface area contributed by atoms with Crippen molar-refractivity contribution < 1.29 is 15.0 Å². The minimum atomic E-state index is -0.687. The molecule has 2 unspecified atom stereocenters. The number of hydrogen-bond donors (Lipinski definition) is 2. The van der Waals surface area contributed by atoms with Gasteiger partial charge in [-0.1, -0.05) is 32.1 Å². The summed E-state index contributed by atoms with van der Waals surface area (Å²) >= 11 is 0. The topological polar surface area (TPSA) is 60.8 Å². The molecule has 2 N–H and O–H groups in total. The van der Waals surface area contributed by atoms with Crippen LogP contribution in [0, 0.1) is 11.8 Å². The molecule has 0 spiro atoms. The molecule has 1 heterocycles. The average molecular weight is 283 g/mol. The minimum Gasteiger partial charge on any atom is -0.481 e. The zero-order valence-electron chi connectivity index (χ0n) is 12.5. The highest BCUT2D eigenvalue weighted by atomic mass is 16.4. The predicted molar refractivity (Wildman–Crippen MR) is 78.4 cm³/mol. The first-order valence-corrected chi connectivity index (χ1v) is 8.32. The molecule has 0 aromatic heterocycles. The van der Waals surface area contributed by atoms with Crippen LogP contribution in [-0.4, -0.2) is 40.4 Å². The van der Waals surface area contributed by atoms with Gasteiger partial charge in [0.1, 0.15) is 6.23 Å². The van der Waals surface area contributed by atoms with Gasteiger partial charge in [0.25, 0.3) is 0 Å². The number of nitrogens with zero attached hydrogens (tertiary/aromatic N) is 1. The minimum absolute atomic E-state index is 0.202. The van der Waals surface area contributed by atoms with E-state index in [4.69, 9.17) is 5.11 Å².